The Bertz CT molecular complexity index is 1560. The molecule has 252 valence electrons. The molecule has 2 saturated heterocycles. The van der Waals surface area contributed by atoms with Crippen LogP contribution in [0.5, 0.6) is 0 Å². The fourth-order valence-corrected chi connectivity index (χ4v) is 7.89. The first-order valence-corrected chi connectivity index (χ1v) is 18.0. The van der Waals surface area contributed by atoms with Crippen molar-refractivity contribution in [3.63, 3.8) is 0 Å². The first-order chi connectivity index (χ1) is 22.7. The van der Waals surface area contributed by atoms with Crippen LogP contribution < -0.4 is 10.2 Å². The van der Waals surface area contributed by atoms with Crippen LogP contribution in [0.25, 0.3) is 0 Å². The normalized spacial score (nSPS) is 16.9. The summed E-state index contributed by atoms with van der Waals surface area (Å²) in [4.78, 5) is 29.7. The van der Waals surface area contributed by atoms with E-state index in [1.54, 1.807) is 36.1 Å². The average Bonchev–Trinajstić information content (AvgIpc) is 3.09. The van der Waals surface area contributed by atoms with E-state index in [9.17, 15) is 22.4 Å². The van der Waals surface area contributed by atoms with E-state index in [1.165, 1.54) is 16.4 Å². The van der Waals surface area contributed by atoms with Crippen LogP contribution in [0.1, 0.15) is 44.6 Å². The second kappa shape index (κ2) is 16.3. The van der Waals surface area contributed by atoms with Crippen molar-refractivity contribution in [1.29, 1.82) is 0 Å². The number of carbonyl (C=O) groups excluding carboxylic acids is 2. The summed E-state index contributed by atoms with van der Waals surface area (Å²) in [6.45, 7) is 6.13. The summed E-state index contributed by atoms with van der Waals surface area (Å²) in [7, 11) is -3.60. The monoisotopic (exact) mass is 664 g/mol. The molecule has 0 aliphatic carbocycles. The molecule has 2 aliphatic heterocycles. The van der Waals surface area contributed by atoms with Gasteiger partial charge in [0.15, 0.2) is 0 Å². The number of nitrogens with one attached hydrogen (secondary N) is 1. The fraction of sp³-hybridized carbons (Fsp3) is 0.444. The lowest BCUT2D eigenvalue weighted by molar-refractivity contribution is -0.149. The van der Waals surface area contributed by atoms with Crippen LogP contribution >= 0.6 is 0 Å². The maximum absolute atomic E-state index is 13.3. The third kappa shape index (κ3) is 9.39. The van der Waals surface area contributed by atoms with Gasteiger partial charge in [0.05, 0.1) is 17.4 Å². The first-order valence-electron chi connectivity index (χ1n) is 16.6. The molecule has 1 N–H and O–H groups in total. The molecule has 2 amide bonds. The third-order valence-electron chi connectivity index (χ3n) is 9.13. The van der Waals surface area contributed by atoms with Gasteiger partial charge < -0.3 is 15.0 Å². The molecule has 2 heterocycles. The van der Waals surface area contributed by atoms with Gasteiger partial charge in [-0.05, 0) is 125 Å². The van der Waals surface area contributed by atoms with Gasteiger partial charge in [-0.2, -0.15) is 4.31 Å². The molecule has 0 saturated carbocycles. The molecular formula is C36H45FN4O5S. The molecule has 3 aromatic rings. The van der Waals surface area contributed by atoms with Gasteiger partial charge in [-0.15, -0.1) is 0 Å². The number of urea groups is 1. The Morgan fingerprint density at radius 1 is 0.894 bits per heavy atom. The molecule has 9 nitrogen and oxygen atoms in total. The number of amides is 2. The Kier molecular flexibility index (Phi) is 12.0. The fourth-order valence-electron chi connectivity index (χ4n) is 6.42. The largest absolute Gasteiger partial charge is 0.466 e. The van der Waals surface area contributed by atoms with E-state index in [0.717, 1.165) is 56.6 Å². The number of ether oxygens (including phenoxy) is 1. The second-order valence-electron chi connectivity index (χ2n) is 12.3. The minimum atomic E-state index is -3.60. The van der Waals surface area contributed by atoms with Crippen molar-refractivity contribution in [2.75, 3.05) is 56.1 Å². The Morgan fingerprint density at radius 3 is 2.19 bits per heavy atom. The number of benzene rings is 3. The van der Waals surface area contributed by atoms with Crippen LogP contribution in [0.3, 0.4) is 0 Å². The Balaban J connectivity index is 1.06. The topological polar surface area (TPSA) is 99.3 Å². The number of carbonyl (C=O) groups is 2. The number of para-hydroxylation sites is 1. The Hall–Kier alpha value is -3.80. The number of anilines is 2. The second-order valence-corrected chi connectivity index (χ2v) is 14.3. The lowest BCUT2D eigenvalue weighted by Gasteiger charge is -2.33. The number of esters is 1. The van der Waals surface area contributed by atoms with Crippen molar-refractivity contribution in [3.05, 3.63) is 90.2 Å². The summed E-state index contributed by atoms with van der Waals surface area (Å²) < 4.78 is 46.4. The predicted molar refractivity (Wildman–Crippen MR) is 181 cm³/mol. The molecule has 3 aromatic carbocycles. The number of nitrogens with zero attached hydrogens (tertiary/aromatic N) is 3. The van der Waals surface area contributed by atoms with Crippen molar-refractivity contribution < 1.29 is 27.1 Å². The van der Waals surface area contributed by atoms with E-state index >= 15 is 0 Å². The lowest BCUT2D eigenvalue weighted by atomic mass is 9.90. The van der Waals surface area contributed by atoms with Gasteiger partial charge in [-0.3, -0.25) is 9.69 Å². The van der Waals surface area contributed by atoms with Crippen molar-refractivity contribution in [2.24, 2.45) is 11.8 Å². The number of piperidine rings is 2. The Labute approximate surface area is 277 Å². The minimum absolute atomic E-state index is 0.236. The molecule has 0 bridgehead atoms. The van der Waals surface area contributed by atoms with Crippen molar-refractivity contribution in [1.82, 2.24) is 9.21 Å². The molecule has 2 fully saturated rings. The summed E-state index contributed by atoms with van der Waals surface area (Å²) in [6.07, 6.45) is 4.79. The molecule has 5 rings (SSSR count). The summed E-state index contributed by atoms with van der Waals surface area (Å²) in [6, 6.07) is 22.3. The molecular weight excluding hydrogens is 619 g/mol. The number of hydrogen-bond acceptors (Lipinski definition) is 6. The summed E-state index contributed by atoms with van der Waals surface area (Å²) in [5.74, 6) is -0.298. The highest BCUT2D eigenvalue weighted by Crippen LogP contribution is 2.27. The number of sulfonamides is 1. The van der Waals surface area contributed by atoms with Crippen molar-refractivity contribution in [3.8, 4) is 0 Å². The number of likely N-dealkylation sites (tertiary alicyclic amines) is 1. The van der Waals surface area contributed by atoms with Crippen LogP contribution in [0.4, 0.5) is 20.6 Å². The van der Waals surface area contributed by atoms with Gasteiger partial charge in [0.1, 0.15) is 5.82 Å². The van der Waals surface area contributed by atoms with Crippen LogP contribution in [-0.4, -0.2) is 75.5 Å². The molecule has 2 aliphatic rings. The summed E-state index contributed by atoms with van der Waals surface area (Å²) in [5.41, 5.74) is 2.49. The van der Waals surface area contributed by atoms with Gasteiger partial charge in [-0.1, -0.05) is 30.3 Å². The number of hydrogen-bond donors (Lipinski definition) is 1. The van der Waals surface area contributed by atoms with Crippen LogP contribution in [0, 0.1) is 17.7 Å². The van der Waals surface area contributed by atoms with E-state index in [-0.39, 0.29) is 23.7 Å². The van der Waals surface area contributed by atoms with Gasteiger partial charge in [0.2, 0.25) is 10.0 Å². The lowest BCUT2D eigenvalue weighted by Crippen LogP contribution is -2.40. The maximum atomic E-state index is 13.3. The summed E-state index contributed by atoms with van der Waals surface area (Å²) >= 11 is 0. The molecule has 0 atom stereocenters. The molecule has 0 aromatic heterocycles. The highest BCUT2D eigenvalue weighted by Gasteiger charge is 2.32. The zero-order valence-corrected chi connectivity index (χ0v) is 27.8. The van der Waals surface area contributed by atoms with E-state index in [4.69, 9.17) is 4.74 Å². The highest BCUT2D eigenvalue weighted by atomic mass is 32.2. The average molecular weight is 665 g/mol. The van der Waals surface area contributed by atoms with E-state index in [1.807, 2.05) is 42.5 Å². The van der Waals surface area contributed by atoms with Crippen LogP contribution in [0.2, 0.25) is 0 Å². The minimum Gasteiger partial charge on any atom is -0.466 e. The quantitative estimate of drug-likeness (QED) is 0.233. The third-order valence-corrected chi connectivity index (χ3v) is 11.0. The highest BCUT2D eigenvalue weighted by molar-refractivity contribution is 7.89. The number of halogens is 1. The molecule has 0 spiro atoms. The maximum Gasteiger partial charge on any atom is 0.326 e. The smallest absolute Gasteiger partial charge is 0.326 e. The first kappa shape index (κ1) is 34.5. The van der Waals surface area contributed by atoms with Crippen LogP contribution in [-0.2, 0) is 26.0 Å². The van der Waals surface area contributed by atoms with Crippen LogP contribution in [0.15, 0.2) is 83.8 Å². The molecule has 0 radical (unpaired) electrons. The van der Waals surface area contributed by atoms with E-state index in [2.05, 4.69) is 10.2 Å². The van der Waals surface area contributed by atoms with Crippen molar-refractivity contribution in [2.45, 2.75) is 50.3 Å². The zero-order chi connectivity index (χ0) is 33.2. The van der Waals surface area contributed by atoms with Gasteiger partial charge in [0, 0.05) is 31.0 Å². The zero-order valence-electron chi connectivity index (χ0n) is 27.0. The SMILES string of the molecule is CCOC(=O)C1CCN(S(=O)(=O)c2ccc(CC3CCN(CCCN(C(=O)Nc4ccc(F)cc4)c4ccccc4)CC3)cc2)CC1. The molecule has 47 heavy (non-hydrogen) atoms. The van der Waals surface area contributed by atoms with E-state index < -0.39 is 10.0 Å². The van der Waals surface area contributed by atoms with Gasteiger partial charge in [-0.25, -0.2) is 17.6 Å². The Morgan fingerprint density at radius 2 is 1.55 bits per heavy atom. The van der Waals surface area contributed by atoms with Gasteiger partial charge >= 0.3 is 12.0 Å². The van der Waals surface area contributed by atoms with Gasteiger partial charge in [0.25, 0.3) is 0 Å². The summed E-state index contributed by atoms with van der Waals surface area (Å²) in [5, 5.41) is 2.88. The molecule has 11 heteroatoms. The predicted octanol–water partition coefficient (Wildman–Crippen LogP) is 6.17. The molecule has 0 unspecified atom stereocenters. The number of rotatable bonds is 12. The van der Waals surface area contributed by atoms with Crippen molar-refractivity contribution >= 4 is 33.4 Å². The van der Waals surface area contributed by atoms with E-state index in [0.29, 0.717) is 55.6 Å². The standard InChI is InChI=1S/C36H45FN4O5S/c1-2-46-35(42)30-19-25-40(26-20-30)47(44,45)34-15-9-28(10-16-34)27-29-17-23-39(24-18-29)21-6-22-41(33-7-4-3-5-8-33)36(43)38-32-13-11-31(37)12-14-32/h3-5,7-16,29-30H,2,6,17-27H2,1H3,(H,38,43).